The van der Waals surface area contributed by atoms with Gasteiger partial charge in [-0.1, -0.05) is 64.0 Å². The van der Waals surface area contributed by atoms with E-state index in [0.717, 1.165) is 63.0 Å². The van der Waals surface area contributed by atoms with Gasteiger partial charge in [0.1, 0.15) is 21.8 Å². The first-order valence-corrected chi connectivity index (χ1v) is 14.2. The number of nitriles is 1. The smallest absolute Gasteiger partial charge is 0.270 e. The summed E-state index contributed by atoms with van der Waals surface area (Å²) in [5.41, 5.74) is 1.38. The number of rotatable bonds is 5. The van der Waals surface area contributed by atoms with Gasteiger partial charge in [0.05, 0.1) is 4.91 Å². The van der Waals surface area contributed by atoms with Gasteiger partial charge in [-0.3, -0.25) is 19.1 Å². The third kappa shape index (κ3) is 5.08. The quantitative estimate of drug-likeness (QED) is 0.386. The lowest BCUT2D eigenvalue weighted by Gasteiger charge is -2.39. The van der Waals surface area contributed by atoms with Crippen LogP contribution < -0.4 is 10.5 Å². The molecule has 0 N–H and O–H groups in total. The monoisotopic (exact) mass is 512 g/mol. The fraction of sp³-hybridized carbons (Fsp3) is 0.630. The molecule has 0 aromatic carbocycles. The van der Waals surface area contributed by atoms with E-state index in [2.05, 4.69) is 24.8 Å². The average Bonchev–Trinajstić information content (AvgIpc) is 3.10. The van der Waals surface area contributed by atoms with E-state index in [4.69, 9.17) is 12.2 Å². The molecule has 2 unspecified atom stereocenters. The molecule has 2 aliphatic heterocycles. The maximum absolute atomic E-state index is 13.6. The number of piperidine rings is 1. The van der Waals surface area contributed by atoms with Crippen LogP contribution in [0.2, 0.25) is 0 Å². The Kier molecular flexibility index (Phi) is 8.07. The number of thioether (sulfide) groups is 1. The summed E-state index contributed by atoms with van der Waals surface area (Å²) in [6.07, 6.45) is 9.30. The van der Waals surface area contributed by atoms with E-state index >= 15 is 0 Å². The minimum Gasteiger partial charge on any atom is -0.357 e. The molecule has 0 bridgehead atoms. The highest BCUT2D eigenvalue weighted by atomic mass is 32.2. The van der Waals surface area contributed by atoms with Gasteiger partial charge >= 0.3 is 0 Å². The molecule has 1 aromatic heterocycles. The third-order valence-corrected chi connectivity index (χ3v) is 8.83. The molecule has 0 spiro atoms. The first-order chi connectivity index (χ1) is 16.8. The standard InChI is InChI=1S/C27H36N4O2S2/c1-5-11-30-24(29-15-17(2)12-18(3)16-29)21(19(4)22(14-28)25(30)32)13-23-26(33)31(27(34)35-23)20-9-7-6-8-10-20/h13,17-18,20H,5-12,15-16H2,1-4H3/b23-13+. The number of anilines is 1. The van der Waals surface area contributed by atoms with Gasteiger partial charge in [0, 0.05) is 31.2 Å². The number of carbonyl (C=O) groups excluding carboxylic acids is 1. The number of nitrogens with zero attached hydrogens (tertiary/aromatic N) is 4. The topological polar surface area (TPSA) is 69.3 Å². The molecule has 4 rings (SSSR count). The van der Waals surface area contributed by atoms with Crippen LogP contribution in [0.3, 0.4) is 0 Å². The zero-order chi connectivity index (χ0) is 25.3. The summed E-state index contributed by atoms with van der Waals surface area (Å²) in [7, 11) is 0. The third-order valence-electron chi connectivity index (χ3n) is 7.50. The van der Waals surface area contributed by atoms with E-state index in [9.17, 15) is 14.9 Å². The Morgan fingerprint density at radius 2 is 1.80 bits per heavy atom. The summed E-state index contributed by atoms with van der Waals surface area (Å²) in [4.78, 5) is 31.7. The highest BCUT2D eigenvalue weighted by molar-refractivity contribution is 8.26. The summed E-state index contributed by atoms with van der Waals surface area (Å²) >= 11 is 7.01. The fourth-order valence-corrected chi connectivity index (χ4v) is 7.40. The summed E-state index contributed by atoms with van der Waals surface area (Å²) in [5, 5.41) is 9.87. The van der Waals surface area contributed by atoms with Crippen molar-refractivity contribution >= 4 is 46.1 Å². The molecule has 2 saturated heterocycles. The van der Waals surface area contributed by atoms with Gasteiger partial charge in [0.25, 0.3) is 11.5 Å². The van der Waals surface area contributed by atoms with Crippen molar-refractivity contribution in [2.24, 2.45) is 11.8 Å². The minimum atomic E-state index is -0.236. The van der Waals surface area contributed by atoms with Gasteiger partial charge in [-0.2, -0.15) is 5.26 Å². The highest BCUT2D eigenvalue weighted by Crippen LogP contribution is 2.40. The lowest BCUT2D eigenvalue weighted by atomic mass is 9.91. The van der Waals surface area contributed by atoms with Crippen LogP contribution in [0.5, 0.6) is 0 Å². The lowest BCUT2D eigenvalue weighted by Crippen LogP contribution is -2.43. The highest BCUT2D eigenvalue weighted by Gasteiger charge is 2.38. The first kappa shape index (κ1) is 26.0. The van der Waals surface area contributed by atoms with Gasteiger partial charge in [0.15, 0.2) is 0 Å². The van der Waals surface area contributed by atoms with Gasteiger partial charge in [-0.15, -0.1) is 0 Å². The van der Waals surface area contributed by atoms with Crippen molar-refractivity contribution in [1.29, 1.82) is 5.26 Å². The molecule has 3 heterocycles. The van der Waals surface area contributed by atoms with Crippen molar-refractivity contribution in [3.63, 3.8) is 0 Å². The van der Waals surface area contributed by atoms with Crippen LogP contribution in [-0.4, -0.2) is 38.8 Å². The maximum Gasteiger partial charge on any atom is 0.270 e. The van der Waals surface area contributed by atoms with E-state index in [1.165, 1.54) is 18.2 Å². The zero-order valence-corrected chi connectivity index (χ0v) is 22.9. The summed E-state index contributed by atoms with van der Waals surface area (Å²) in [6, 6.07) is 2.32. The lowest BCUT2D eigenvalue weighted by molar-refractivity contribution is -0.124. The Balaban J connectivity index is 1.86. The molecular weight excluding hydrogens is 476 g/mol. The number of carbonyl (C=O) groups is 1. The number of aromatic nitrogens is 1. The average molecular weight is 513 g/mol. The second-order valence-corrected chi connectivity index (χ2v) is 12.2. The summed E-state index contributed by atoms with van der Waals surface area (Å²) in [6.45, 7) is 10.6. The molecular formula is C27H36N4O2S2. The molecule has 8 heteroatoms. The van der Waals surface area contributed by atoms with Crippen molar-refractivity contribution in [3.8, 4) is 6.07 Å². The normalized spacial score (nSPS) is 24.9. The van der Waals surface area contributed by atoms with Crippen molar-refractivity contribution < 1.29 is 4.79 Å². The zero-order valence-electron chi connectivity index (χ0n) is 21.3. The maximum atomic E-state index is 13.6. The van der Waals surface area contributed by atoms with Crippen LogP contribution in [0.25, 0.3) is 6.08 Å². The molecule has 1 aliphatic carbocycles. The van der Waals surface area contributed by atoms with E-state index in [1.54, 1.807) is 4.57 Å². The molecule has 1 amide bonds. The molecule has 35 heavy (non-hydrogen) atoms. The Morgan fingerprint density at radius 3 is 2.40 bits per heavy atom. The number of hydrogen-bond acceptors (Lipinski definition) is 6. The second kappa shape index (κ2) is 10.9. The van der Waals surface area contributed by atoms with Crippen molar-refractivity contribution in [2.75, 3.05) is 18.0 Å². The van der Waals surface area contributed by atoms with E-state index < -0.39 is 0 Å². The van der Waals surface area contributed by atoms with E-state index in [-0.39, 0.29) is 23.1 Å². The van der Waals surface area contributed by atoms with Crippen LogP contribution in [-0.2, 0) is 11.3 Å². The molecule has 3 aliphatic rings. The van der Waals surface area contributed by atoms with E-state index in [1.807, 2.05) is 24.8 Å². The summed E-state index contributed by atoms with van der Waals surface area (Å²) < 4.78 is 2.39. The molecule has 2 atom stereocenters. The van der Waals surface area contributed by atoms with Crippen LogP contribution in [0.4, 0.5) is 5.82 Å². The van der Waals surface area contributed by atoms with Crippen LogP contribution >= 0.6 is 24.0 Å². The Labute approximate surface area is 218 Å². The molecule has 6 nitrogen and oxygen atoms in total. The van der Waals surface area contributed by atoms with Crippen LogP contribution in [0.1, 0.15) is 82.4 Å². The van der Waals surface area contributed by atoms with Gasteiger partial charge in [0.2, 0.25) is 0 Å². The van der Waals surface area contributed by atoms with Gasteiger partial charge in [-0.05, 0) is 56.1 Å². The summed E-state index contributed by atoms with van der Waals surface area (Å²) in [5.74, 6) is 1.80. The van der Waals surface area contributed by atoms with Gasteiger partial charge < -0.3 is 4.90 Å². The predicted octanol–water partition coefficient (Wildman–Crippen LogP) is 5.45. The van der Waals surface area contributed by atoms with Gasteiger partial charge in [-0.25, -0.2) is 0 Å². The Bertz CT molecular complexity index is 1130. The molecule has 188 valence electrons. The van der Waals surface area contributed by atoms with Crippen molar-refractivity contribution in [2.45, 2.75) is 85.2 Å². The number of amides is 1. The Morgan fingerprint density at radius 1 is 1.14 bits per heavy atom. The van der Waals surface area contributed by atoms with Crippen molar-refractivity contribution in [1.82, 2.24) is 9.47 Å². The molecule has 1 saturated carbocycles. The molecule has 0 radical (unpaired) electrons. The van der Waals surface area contributed by atoms with Crippen LogP contribution in [0, 0.1) is 30.1 Å². The number of hydrogen-bond donors (Lipinski definition) is 0. The van der Waals surface area contributed by atoms with Crippen molar-refractivity contribution in [3.05, 3.63) is 31.9 Å². The SMILES string of the molecule is CCCn1c(N2CC(C)CC(C)C2)c(/C=C2/SC(=S)N(C3CCCCC3)C2=O)c(C)c(C#N)c1=O. The number of pyridine rings is 1. The minimum absolute atomic E-state index is 0.0376. The molecule has 1 aromatic rings. The predicted molar refractivity (Wildman–Crippen MR) is 147 cm³/mol. The van der Waals surface area contributed by atoms with E-state index in [0.29, 0.717) is 33.2 Å². The Hall–Kier alpha value is -2.11. The molecule has 3 fully saturated rings. The van der Waals surface area contributed by atoms with Crippen LogP contribution in [0.15, 0.2) is 9.70 Å². The fourth-order valence-electron chi connectivity index (χ4n) is 6.02. The first-order valence-electron chi connectivity index (χ1n) is 13.0. The second-order valence-electron chi connectivity index (χ2n) is 10.5. The largest absolute Gasteiger partial charge is 0.357 e. The number of thiocarbonyl (C=S) groups is 1.